The van der Waals surface area contributed by atoms with Gasteiger partial charge in [-0.25, -0.2) is 0 Å². The molecule has 4 amide bonds. The SMILES string of the molecule is COc1ccc([C@H](NC(=O)[C@H](CO)NC(=O)C(F)(F)c2cccc(Cl)c2)C(=O)N[C@H](C(=O)C(F)(F)C(=O)NCC(F)(F)F)C(C)C)cc1. The molecule has 2 rings (SSSR count). The molecule has 0 unspecified atom stereocenters. The van der Waals surface area contributed by atoms with E-state index in [4.69, 9.17) is 16.3 Å². The molecule has 19 heteroatoms. The minimum Gasteiger partial charge on any atom is -0.497 e. The van der Waals surface area contributed by atoms with E-state index >= 15 is 0 Å². The zero-order valence-electron chi connectivity index (χ0n) is 25.3. The van der Waals surface area contributed by atoms with Gasteiger partial charge in [-0.05, 0) is 35.7 Å². The molecule has 264 valence electrons. The summed E-state index contributed by atoms with van der Waals surface area (Å²) in [6, 6.07) is 2.79. The molecule has 0 aliphatic carbocycles. The summed E-state index contributed by atoms with van der Waals surface area (Å²) in [6.07, 6.45) is -5.08. The summed E-state index contributed by atoms with van der Waals surface area (Å²) >= 11 is 5.71. The first-order valence-corrected chi connectivity index (χ1v) is 14.1. The van der Waals surface area contributed by atoms with Crippen LogP contribution in [0.1, 0.15) is 31.0 Å². The molecule has 0 aromatic heterocycles. The third-order valence-electron chi connectivity index (χ3n) is 6.57. The molecular formula is C29H30ClF7N4O7. The molecular weight excluding hydrogens is 685 g/mol. The Labute approximate surface area is 273 Å². The van der Waals surface area contributed by atoms with E-state index in [2.05, 4.69) is 5.32 Å². The molecule has 0 radical (unpaired) electrons. The van der Waals surface area contributed by atoms with Crippen LogP contribution < -0.4 is 26.0 Å². The lowest BCUT2D eigenvalue weighted by Crippen LogP contribution is -2.59. The van der Waals surface area contributed by atoms with Gasteiger partial charge < -0.3 is 31.1 Å². The summed E-state index contributed by atoms with van der Waals surface area (Å²) < 4.78 is 101. The standard InChI is InChI=1S/C29H30ClF7N4O7/c1-14(2)20(22(43)29(36,37)25(46)38-13-27(31,32)33)40-24(45)21(15-7-9-18(48-3)10-8-15)41-23(44)19(12-42)39-26(47)28(34,35)16-5-4-6-17(30)11-16/h4-11,14,19-21,42H,12-13H2,1-3H3,(H,38,46)(H,39,47)(H,40,45)(H,41,44)/t19-,20-,21-/m0/s1. The number of aliphatic hydroxyl groups is 1. The highest BCUT2D eigenvalue weighted by Gasteiger charge is 2.52. The highest BCUT2D eigenvalue weighted by molar-refractivity contribution is 6.30. The van der Waals surface area contributed by atoms with Crippen molar-refractivity contribution in [3.8, 4) is 5.75 Å². The van der Waals surface area contributed by atoms with Crippen molar-refractivity contribution in [3.05, 3.63) is 64.7 Å². The molecule has 0 aliphatic heterocycles. The van der Waals surface area contributed by atoms with Gasteiger partial charge in [0.1, 0.15) is 24.4 Å². The lowest BCUT2D eigenvalue weighted by atomic mass is 9.94. The molecule has 0 bridgehead atoms. The first-order valence-electron chi connectivity index (χ1n) is 13.7. The Hall–Kier alpha value is -4.45. The highest BCUT2D eigenvalue weighted by Crippen LogP contribution is 2.30. The second kappa shape index (κ2) is 16.1. The van der Waals surface area contributed by atoms with E-state index in [1.807, 2.05) is 5.32 Å². The van der Waals surface area contributed by atoms with E-state index in [1.165, 1.54) is 37.4 Å². The Morgan fingerprint density at radius 1 is 0.854 bits per heavy atom. The molecule has 0 aliphatic rings. The van der Waals surface area contributed by atoms with Crippen molar-refractivity contribution in [2.24, 2.45) is 5.92 Å². The summed E-state index contributed by atoms with van der Waals surface area (Å²) in [5.41, 5.74) is -0.966. The fourth-order valence-corrected chi connectivity index (χ4v) is 4.16. The van der Waals surface area contributed by atoms with Gasteiger partial charge in [0.15, 0.2) is 0 Å². The van der Waals surface area contributed by atoms with Gasteiger partial charge in [-0.3, -0.25) is 24.0 Å². The second-order valence-electron chi connectivity index (χ2n) is 10.5. The Balaban J connectivity index is 2.37. The first-order chi connectivity index (χ1) is 22.1. The van der Waals surface area contributed by atoms with Gasteiger partial charge in [0.2, 0.25) is 17.6 Å². The Morgan fingerprint density at radius 2 is 1.46 bits per heavy atom. The molecule has 0 heterocycles. The van der Waals surface area contributed by atoms with Crippen LogP contribution in [0, 0.1) is 5.92 Å². The fourth-order valence-electron chi connectivity index (χ4n) is 3.97. The third-order valence-corrected chi connectivity index (χ3v) is 6.80. The van der Waals surface area contributed by atoms with Crippen molar-refractivity contribution in [2.75, 3.05) is 20.3 Å². The topological polar surface area (TPSA) is 163 Å². The maximum atomic E-state index is 14.8. The molecule has 2 aromatic carbocycles. The smallest absolute Gasteiger partial charge is 0.405 e. The number of alkyl halides is 7. The monoisotopic (exact) mass is 714 g/mol. The van der Waals surface area contributed by atoms with E-state index in [0.717, 1.165) is 37.4 Å². The average Bonchev–Trinajstić information content (AvgIpc) is 3.02. The fraction of sp³-hybridized carbons (Fsp3) is 0.414. The van der Waals surface area contributed by atoms with E-state index in [0.29, 0.717) is 0 Å². The van der Waals surface area contributed by atoms with Crippen molar-refractivity contribution in [2.45, 2.75) is 50.0 Å². The number of hydrogen-bond acceptors (Lipinski definition) is 7. The Kier molecular flexibility index (Phi) is 13.3. The molecule has 0 spiro atoms. The van der Waals surface area contributed by atoms with E-state index in [1.54, 1.807) is 5.32 Å². The van der Waals surface area contributed by atoms with Crippen molar-refractivity contribution in [3.63, 3.8) is 0 Å². The summed E-state index contributed by atoms with van der Waals surface area (Å²) in [5.74, 6) is -20.0. The maximum Gasteiger partial charge on any atom is 0.405 e. The summed E-state index contributed by atoms with van der Waals surface area (Å²) in [5, 5.41) is 16.2. The zero-order chi connectivity index (χ0) is 36.6. The number of methoxy groups -OCH3 is 1. The number of ketones is 1. The van der Waals surface area contributed by atoms with Crippen LogP contribution in [-0.2, 0) is 29.9 Å². The molecule has 0 saturated heterocycles. The molecule has 5 N–H and O–H groups in total. The number of rotatable bonds is 15. The van der Waals surface area contributed by atoms with E-state index < -0.39 is 90.2 Å². The minimum atomic E-state index is -5.08. The lowest BCUT2D eigenvalue weighted by Gasteiger charge is -2.28. The van der Waals surface area contributed by atoms with Crippen LogP contribution in [0.15, 0.2) is 48.5 Å². The number of carbonyl (C=O) groups excluding carboxylic acids is 5. The number of benzene rings is 2. The van der Waals surface area contributed by atoms with Crippen LogP contribution in [-0.4, -0.2) is 79.0 Å². The number of nitrogens with one attached hydrogen (secondary N) is 4. The number of aliphatic hydroxyl groups excluding tert-OH is 1. The lowest BCUT2D eigenvalue weighted by molar-refractivity contribution is -0.165. The normalized spacial score (nSPS) is 13.9. The zero-order valence-corrected chi connectivity index (χ0v) is 26.0. The van der Waals surface area contributed by atoms with E-state index in [9.17, 15) is 59.8 Å². The van der Waals surface area contributed by atoms with Crippen molar-refractivity contribution < 1.29 is 64.5 Å². The first kappa shape index (κ1) is 39.7. The van der Waals surface area contributed by atoms with Gasteiger partial charge in [0, 0.05) is 10.6 Å². The van der Waals surface area contributed by atoms with Crippen LogP contribution in [0.4, 0.5) is 30.7 Å². The summed E-state index contributed by atoms with van der Waals surface area (Å²) in [7, 11) is 1.29. The van der Waals surface area contributed by atoms with Gasteiger partial charge in [-0.15, -0.1) is 0 Å². The Bertz CT molecular complexity index is 1490. The predicted molar refractivity (Wildman–Crippen MR) is 154 cm³/mol. The molecule has 2 aromatic rings. The third kappa shape index (κ3) is 10.3. The van der Waals surface area contributed by atoms with Gasteiger partial charge in [-0.2, -0.15) is 30.7 Å². The second-order valence-corrected chi connectivity index (χ2v) is 10.9. The minimum absolute atomic E-state index is 0.112. The van der Waals surface area contributed by atoms with Crippen LogP contribution in [0.3, 0.4) is 0 Å². The molecule has 0 fully saturated rings. The van der Waals surface area contributed by atoms with Gasteiger partial charge >= 0.3 is 18.0 Å². The molecule has 3 atom stereocenters. The van der Waals surface area contributed by atoms with E-state index in [-0.39, 0.29) is 16.3 Å². The average molecular weight is 715 g/mol. The quantitative estimate of drug-likeness (QED) is 0.140. The molecule has 11 nitrogen and oxygen atoms in total. The van der Waals surface area contributed by atoms with Crippen molar-refractivity contribution >= 4 is 41.0 Å². The number of halogens is 8. The van der Waals surface area contributed by atoms with Crippen LogP contribution in [0.5, 0.6) is 5.75 Å². The Morgan fingerprint density at radius 3 is 1.96 bits per heavy atom. The van der Waals surface area contributed by atoms with Crippen molar-refractivity contribution in [1.29, 1.82) is 0 Å². The summed E-state index contributed by atoms with van der Waals surface area (Å²) in [6.45, 7) is -1.13. The van der Waals surface area contributed by atoms with Gasteiger partial charge in [-0.1, -0.05) is 49.7 Å². The van der Waals surface area contributed by atoms with Crippen LogP contribution in [0.25, 0.3) is 0 Å². The maximum absolute atomic E-state index is 14.8. The van der Waals surface area contributed by atoms with Crippen LogP contribution >= 0.6 is 11.6 Å². The predicted octanol–water partition coefficient (Wildman–Crippen LogP) is 2.80. The number of carbonyl (C=O) groups is 5. The number of Topliss-reactive ketones (excluding diaryl/α,β-unsaturated/α-hetero) is 1. The number of amides is 4. The van der Waals surface area contributed by atoms with Crippen molar-refractivity contribution in [1.82, 2.24) is 21.3 Å². The summed E-state index contributed by atoms with van der Waals surface area (Å²) in [4.78, 5) is 63.5. The van der Waals surface area contributed by atoms with Crippen LogP contribution in [0.2, 0.25) is 5.02 Å². The molecule has 0 saturated carbocycles. The van der Waals surface area contributed by atoms with Gasteiger partial charge in [0.05, 0.1) is 19.8 Å². The van der Waals surface area contributed by atoms with Gasteiger partial charge in [0.25, 0.3) is 11.8 Å². The largest absolute Gasteiger partial charge is 0.497 e. The highest BCUT2D eigenvalue weighted by atomic mass is 35.5. The number of ether oxygens (including phenoxy) is 1. The molecule has 48 heavy (non-hydrogen) atoms. The number of hydrogen-bond donors (Lipinski definition) is 5.